The largest absolute Gasteiger partial charge is 0.477 e. The SMILES string of the molecule is Cc1onc(Cc2ccccc2F)c1C(=O)O. The Kier molecular flexibility index (Phi) is 2.91. The average molecular weight is 235 g/mol. The van der Waals surface area contributed by atoms with Gasteiger partial charge in [-0.2, -0.15) is 0 Å². The van der Waals surface area contributed by atoms with Crippen molar-refractivity contribution in [3.05, 3.63) is 52.7 Å². The van der Waals surface area contributed by atoms with Crippen molar-refractivity contribution >= 4 is 5.97 Å². The molecule has 0 aliphatic heterocycles. The molecule has 0 saturated carbocycles. The molecule has 0 atom stereocenters. The summed E-state index contributed by atoms with van der Waals surface area (Å²) in [5, 5.41) is 12.6. The lowest BCUT2D eigenvalue weighted by atomic mass is 10.1. The van der Waals surface area contributed by atoms with Crippen LogP contribution in [0.15, 0.2) is 28.8 Å². The summed E-state index contributed by atoms with van der Waals surface area (Å²) in [6, 6.07) is 6.17. The summed E-state index contributed by atoms with van der Waals surface area (Å²) in [6.07, 6.45) is 0.103. The van der Waals surface area contributed by atoms with Gasteiger partial charge in [-0.3, -0.25) is 0 Å². The number of hydrogen-bond donors (Lipinski definition) is 1. The van der Waals surface area contributed by atoms with Gasteiger partial charge in [0, 0.05) is 6.42 Å². The maximum absolute atomic E-state index is 13.4. The molecule has 1 N–H and O–H groups in total. The van der Waals surface area contributed by atoms with Crippen molar-refractivity contribution in [1.29, 1.82) is 0 Å². The number of aromatic carboxylic acids is 1. The summed E-state index contributed by atoms with van der Waals surface area (Å²) < 4.78 is 18.2. The monoisotopic (exact) mass is 235 g/mol. The second-order valence-corrected chi connectivity index (χ2v) is 3.63. The predicted molar refractivity (Wildman–Crippen MR) is 57.4 cm³/mol. The molecule has 1 aromatic heterocycles. The van der Waals surface area contributed by atoms with Crippen molar-refractivity contribution in [2.24, 2.45) is 0 Å². The first-order valence-electron chi connectivity index (χ1n) is 5.01. The van der Waals surface area contributed by atoms with Crippen LogP contribution in [0.25, 0.3) is 0 Å². The molecule has 0 saturated heterocycles. The fraction of sp³-hybridized carbons (Fsp3) is 0.167. The van der Waals surface area contributed by atoms with Crippen LogP contribution in [-0.2, 0) is 6.42 Å². The molecule has 0 aliphatic rings. The highest BCUT2D eigenvalue weighted by molar-refractivity contribution is 5.89. The lowest BCUT2D eigenvalue weighted by Gasteiger charge is -2.00. The third-order valence-corrected chi connectivity index (χ3v) is 2.46. The third-order valence-electron chi connectivity index (χ3n) is 2.46. The van der Waals surface area contributed by atoms with Crippen LogP contribution in [0.5, 0.6) is 0 Å². The second-order valence-electron chi connectivity index (χ2n) is 3.63. The molecule has 0 radical (unpaired) electrons. The molecule has 17 heavy (non-hydrogen) atoms. The van der Waals surface area contributed by atoms with E-state index in [0.717, 1.165) is 0 Å². The minimum atomic E-state index is -1.12. The number of hydrogen-bond acceptors (Lipinski definition) is 3. The van der Waals surface area contributed by atoms with Crippen molar-refractivity contribution in [2.45, 2.75) is 13.3 Å². The smallest absolute Gasteiger partial charge is 0.341 e. The van der Waals surface area contributed by atoms with Crippen molar-refractivity contribution in [3.8, 4) is 0 Å². The Labute approximate surface area is 96.7 Å². The molecule has 1 aromatic carbocycles. The number of benzene rings is 1. The van der Waals surface area contributed by atoms with Crippen molar-refractivity contribution in [1.82, 2.24) is 5.16 Å². The van der Waals surface area contributed by atoms with E-state index in [2.05, 4.69) is 5.16 Å². The Morgan fingerprint density at radius 1 is 1.47 bits per heavy atom. The van der Waals surface area contributed by atoms with E-state index >= 15 is 0 Å². The molecule has 1 heterocycles. The van der Waals surface area contributed by atoms with E-state index in [1.165, 1.54) is 13.0 Å². The zero-order valence-corrected chi connectivity index (χ0v) is 9.11. The first-order valence-corrected chi connectivity index (χ1v) is 5.01. The number of carboxylic acid groups (broad SMARTS) is 1. The first-order chi connectivity index (χ1) is 8.09. The quantitative estimate of drug-likeness (QED) is 0.887. The topological polar surface area (TPSA) is 63.3 Å². The van der Waals surface area contributed by atoms with Gasteiger partial charge in [0.05, 0.1) is 0 Å². The number of carboxylic acids is 1. The van der Waals surface area contributed by atoms with Gasteiger partial charge in [-0.25, -0.2) is 9.18 Å². The molecule has 0 amide bonds. The molecule has 0 unspecified atom stereocenters. The minimum Gasteiger partial charge on any atom is -0.477 e. The number of aryl methyl sites for hydroxylation is 1. The zero-order chi connectivity index (χ0) is 12.4. The Morgan fingerprint density at radius 2 is 2.18 bits per heavy atom. The Morgan fingerprint density at radius 3 is 2.82 bits per heavy atom. The van der Waals surface area contributed by atoms with E-state index in [0.29, 0.717) is 5.56 Å². The third kappa shape index (κ3) is 2.18. The van der Waals surface area contributed by atoms with E-state index in [-0.39, 0.29) is 29.3 Å². The van der Waals surface area contributed by atoms with Gasteiger partial charge in [-0.1, -0.05) is 23.4 Å². The summed E-state index contributed by atoms with van der Waals surface area (Å²) in [7, 11) is 0. The van der Waals surface area contributed by atoms with E-state index in [9.17, 15) is 9.18 Å². The highest BCUT2D eigenvalue weighted by Gasteiger charge is 2.20. The molecule has 0 spiro atoms. The van der Waals surface area contributed by atoms with Crippen molar-refractivity contribution < 1.29 is 18.8 Å². The van der Waals surface area contributed by atoms with E-state index < -0.39 is 5.97 Å². The Hall–Kier alpha value is -2.17. The maximum atomic E-state index is 13.4. The molecule has 2 aromatic rings. The lowest BCUT2D eigenvalue weighted by molar-refractivity contribution is 0.0694. The van der Waals surface area contributed by atoms with Crippen LogP contribution in [0.1, 0.15) is 27.4 Å². The van der Waals surface area contributed by atoms with Gasteiger partial charge >= 0.3 is 5.97 Å². The van der Waals surface area contributed by atoms with Gasteiger partial charge < -0.3 is 9.63 Å². The Bertz CT molecular complexity index is 563. The summed E-state index contributed by atoms with van der Waals surface area (Å²) in [5.41, 5.74) is 0.636. The predicted octanol–water partition coefficient (Wildman–Crippen LogP) is 2.41. The molecule has 5 heteroatoms. The van der Waals surface area contributed by atoms with Gasteiger partial charge in [-0.15, -0.1) is 0 Å². The van der Waals surface area contributed by atoms with Crippen molar-refractivity contribution in [3.63, 3.8) is 0 Å². The summed E-state index contributed by atoms with van der Waals surface area (Å²) >= 11 is 0. The molecule has 0 aliphatic carbocycles. The number of carbonyl (C=O) groups is 1. The van der Waals surface area contributed by atoms with E-state index in [4.69, 9.17) is 9.63 Å². The standard InChI is InChI=1S/C12H10FNO3/c1-7-11(12(15)16)10(14-17-7)6-8-4-2-3-5-9(8)13/h2-5H,6H2,1H3,(H,15,16). The lowest BCUT2D eigenvalue weighted by Crippen LogP contribution is -2.03. The van der Waals surface area contributed by atoms with Crippen LogP contribution < -0.4 is 0 Å². The highest BCUT2D eigenvalue weighted by Crippen LogP contribution is 2.18. The number of halogens is 1. The maximum Gasteiger partial charge on any atom is 0.341 e. The van der Waals surface area contributed by atoms with Crippen LogP contribution >= 0.6 is 0 Å². The average Bonchev–Trinajstić information content (AvgIpc) is 2.63. The first kappa shape index (κ1) is 11.3. The van der Waals surface area contributed by atoms with Crippen molar-refractivity contribution in [2.75, 3.05) is 0 Å². The molecule has 0 bridgehead atoms. The second kappa shape index (κ2) is 4.37. The van der Waals surface area contributed by atoms with E-state index in [1.54, 1.807) is 18.2 Å². The molecule has 4 nitrogen and oxygen atoms in total. The van der Waals surface area contributed by atoms with Crippen LogP contribution in [0, 0.1) is 12.7 Å². The van der Waals surface area contributed by atoms with Gasteiger partial charge in [0.2, 0.25) is 0 Å². The van der Waals surface area contributed by atoms with Crippen LogP contribution in [0.2, 0.25) is 0 Å². The normalized spacial score (nSPS) is 10.5. The fourth-order valence-electron chi connectivity index (χ4n) is 1.63. The summed E-state index contributed by atoms with van der Waals surface area (Å²) in [6.45, 7) is 1.52. The number of aromatic nitrogens is 1. The molecular weight excluding hydrogens is 225 g/mol. The number of nitrogens with zero attached hydrogens (tertiary/aromatic N) is 1. The molecule has 0 fully saturated rings. The van der Waals surface area contributed by atoms with Gasteiger partial charge in [-0.05, 0) is 18.6 Å². The molecule has 2 rings (SSSR count). The Balaban J connectivity index is 2.37. The summed E-state index contributed by atoms with van der Waals surface area (Å²) in [4.78, 5) is 11.0. The zero-order valence-electron chi connectivity index (χ0n) is 9.11. The van der Waals surface area contributed by atoms with Crippen LogP contribution in [-0.4, -0.2) is 16.2 Å². The molecular formula is C12H10FNO3. The fourth-order valence-corrected chi connectivity index (χ4v) is 1.63. The van der Waals surface area contributed by atoms with Gasteiger partial charge in [0.15, 0.2) is 0 Å². The van der Waals surface area contributed by atoms with Crippen LogP contribution in [0.4, 0.5) is 4.39 Å². The molecule has 88 valence electrons. The van der Waals surface area contributed by atoms with Gasteiger partial charge in [0.25, 0.3) is 0 Å². The number of rotatable bonds is 3. The van der Waals surface area contributed by atoms with Crippen LogP contribution in [0.3, 0.4) is 0 Å². The minimum absolute atomic E-state index is 0.00764. The summed E-state index contributed by atoms with van der Waals surface area (Å²) in [5.74, 6) is -1.27. The van der Waals surface area contributed by atoms with Gasteiger partial charge in [0.1, 0.15) is 22.8 Å². The highest BCUT2D eigenvalue weighted by atomic mass is 19.1. The van der Waals surface area contributed by atoms with E-state index in [1.807, 2.05) is 0 Å².